The molecule has 1 aromatic carbocycles. The van der Waals surface area contributed by atoms with Gasteiger partial charge in [-0.3, -0.25) is 4.90 Å². The van der Waals surface area contributed by atoms with Crippen molar-refractivity contribution in [3.8, 4) is 11.4 Å². The van der Waals surface area contributed by atoms with Crippen LogP contribution in [-0.2, 0) is 13.0 Å². The second-order valence-electron chi connectivity index (χ2n) is 6.52. The molecule has 6 heteroatoms. The highest BCUT2D eigenvalue weighted by atomic mass is 35.5. The lowest BCUT2D eigenvalue weighted by Crippen LogP contribution is -2.29. The summed E-state index contributed by atoms with van der Waals surface area (Å²) in [4.78, 5) is 2.52. The molecule has 0 spiro atoms. The van der Waals surface area contributed by atoms with E-state index < -0.39 is 0 Å². The van der Waals surface area contributed by atoms with Crippen LogP contribution >= 0.6 is 11.6 Å². The van der Waals surface area contributed by atoms with Gasteiger partial charge in [0.1, 0.15) is 17.3 Å². The number of piperidine rings is 1. The van der Waals surface area contributed by atoms with E-state index in [1.165, 1.54) is 43.6 Å². The molecule has 4 rings (SSSR count). The van der Waals surface area contributed by atoms with E-state index in [1.54, 1.807) is 7.11 Å². The molecule has 0 aliphatic carbocycles. The molecule has 0 bridgehead atoms. The molecule has 2 aliphatic rings. The SMILES string of the molecule is COc1ccc(Cl)cc1-n1nc(CN2CCCCC2)c2c1NCC2. The van der Waals surface area contributed by atoms with Gasteiger partial charge in [-0.1, -0.05) is 18.0 Å². The van der Waals surface area contributed by atoms with E-state index in [1.807, 2.05) is 22.9 Å². The van der Waals surface area contributed by atoms with E-state index in [2.05, 4.69) is 10.2 Å². The summed E-state index contributed by atoms with van der Waals surface area (Å²) in [6.45, 7) is 4.24. The molecule has 2 aliphatic heterocycles. The maximum absolute atomic E-state index is 6.21. The van der Waals surface area contributed by atoms with E-state index in [9.17, 15) is 0 Å². The van der Waals surface area contributed by atoms with Gasteiger partial charge in [0, 0.05) is 23.7 Å². The van der Waals surface area contributed by atoms with Crippen molar-refractivity contribution in [1.29, 1.82) is 0 Å². The number of nitrogens with zero attached hydrogens (tertiary/aromatic N) is 3. The van der Waals surface area contributed by atoms with Crippen molar-refractivity contribution in [2.45, 2.75) is 32.2 Å². The fourth-order valence-electron chi connectivity index (χ4n) is 3.71. The third-order valence-corrected chi connectivity index (χ3v) is 5.16. The van der Waals surface area contributed by atoms with Gasteiger partial charge >= 0.3 is 0 Å². The lowest BCUT2D eigenvalue weighted by Gasteiger charge is -2.25. The summed E-state index contributed by atoms with van der Waals surface area (Å²) in [6.07, 6.45) is 4.97. The third-order valence-electron chi connectivity index (χ3n) is 4.93. The van der Waals surface area contributed by atoms with Crippen LogP contribution in [0.5, 0.6) is 5.75 Å². The van der Waals surface area contributed by atoms with Crippen LogP contribution in [-0.4, -0.2) is 41.4 Å². The molecule has 2 aromatic rings. The second-order valence-corrected chi connectivity index (χ2v) is 6.95. The van der Waals surface area contributed by atoms with Gasteiger partial charge in [-0.2, -0.15) is 5.10 Å². The molecular weight excluding hydrogens is 324 g/mol. The third kappa shape index (κ3) is 2.87. The average molecular weight is 347 g/mol. The lowest BCUT2D eigenvalue weighted by molar-refractivity contribution is 0.217. The van der Waals surface area contributed by atoms with Crippen molar-refractivity contribution in [3.05, 3.63) is 34.5 Å². The Bertz CT molecular complexity index is 737. The van der Waals surface area contributed by atoms with Crippen molar-refractivity contribution in [3.63, 3.8) is 0 Å². The van der Waals surface area contributed by atoms with Gasteiger partial charge in [0.15, 0.2) is 0 Å². The number of benzene rings is 1. The Labute approximate surface area is 147 Å². The molecule has 1 N–H and O–H groups in total. The number of likely N-dealkylation sites (tertiary alicyclic amines) is 1. The normalized spacial score (nSPS) is 17.6. The Morgan fingerprint density at radius 1 is 1.25 bits per heavy atom. The number of methoxy groups -OCH3 is 1. The monoisotopic (exact) mass is 346 g/mol. The molecule has 0 radical (unpaired) electrons. The maximum atomic E-state index is 6.21. The predicted molar refractivity (Wildman–Crippen MR) is 96.4 cm³/mol. The van der Waals surface area contributed by atoms with E-state index in [4.69, 9.17) is 21.4 Å². The van der Waals surface area contributed by atoms with Gasteiger partial charge in [0.25, 0.3) is 0 Å². The van der Waals surface area contributed by atoms with Gasteiger partial charge in [-0.05, 0) is 50.6 Å². The first-order chi connectivity index (χ1) is 11.8. The molecule has 1 saturated heterocycles. The highest BCUT2D eigenvalue weighted by Crippen LogP contribution is 2.34. The lowest BCUT2D eigenvalue weighted by atomic mass is 10.1. The molecule has 0 unspecified atom stereocenters. The average Bonchev–Trinajstić information content (AvgIpc) is 3.20. The summed E-state index contributed by atoms with van der Waals surface area (Å²) < 4.78 is 7.48. The minimum absolute atomic E-state index is 0.686. The van der Waals surface area contributed by atoms with Crippen LogP contribution in [0.3, 0.4) is 0 Å². The Hall–Kier alpha value is -1.72. The highest BCUT2D eigenvalue weighted by molar-refractivity contribution is 6.30. The summed E-state index contributed by atoms with van der Waals surface area (Å²) >= 11 is 6.21. The minimum atomic E-state index is 0.686. The minimum Gasteiger partial charge on any atom is -0.494 e. The van der Waals surface area contributed by atoms with Gasteiger partial charge < -0.3 is 10.1 Å². The molecule has 24 heavy (non-hydrogen) atoms. The number of halogens is 1. The Balaban J connectivity index is 1.72. The van der Waals surface area contributed by atoms with Crippen molar-refractivity contribution >= 4 is 17.4 Å². The number of aromatic nitrogens is 2. The number of rotatable bonds is 4. The highest BCUT2D eigenvalue weighted by Gasteiger charge is 2.26. The smallest absolute Gasteiger partial charge is 0.144 e. The number of anilines is 1. The van der Waals surface area contributed by atoms with Crippen LogP contribution in [0.4, 0.5) is 5.82 Å². The number of ether oxygens (including phenoxy) is 1. The van der Waals surface area contributed by atoms with Crippen LogP contribution in [0.1, 0.15) is 30.5 Å². The van der Waals surface area contributed by atoms with Crippen molar-refractivity contribution in [2.75, 3.05) is 32.1 Å². The Kier molecular flexibility index (Phi) is 4.37. The van der Waals surface area contributed by atoms with E-state index in [0.717, 1.165) is 36.8 Å². The Morgan fingerprint density at radius 2 is 2.08 bits per heavy atom. The zero-order chi connectivity index (χ0) is 16.5. The van der Waals surface area contributed by atoms with Crippen molar-refractivity contribution < 1.29 is 4.74 Å². The largest absolute Gasteiger partial charge is 0.494 e. The number of fused-ring (bicyclic) bond motifs is 1. The summed E-state index contributed by atoms with van der Waals surface area (Å²) in [7, 11) is 1.68. The molecule has 128 valence electrons. The zero-order valence-corrected chi connectivity index (χ0v) is 14.8. The molecular formula is C18H23ClN4O. The summed E-state index contributed by atoms with van der Waals surface area (Å²) in [6, 6.07) is 5.65. The molecule has 1 fully saturated rings. The number of hydrogen-bond acceptors (Lipinski definition) is 4. The summed E-state index contributed by atoms with van der Waals surface area (Å²) in [5.74, 6) is 1.87. The molecule has 0 atom stereocenters. The zero-order valence-electron chi connectivity index (χ0n) is 14.0. The first-order valence-electron chi connectivity index (χ1n) is 8.67. The van der Waals surface area contributed by atoms with E-state index in [0.29, 0.717) is 5.02 Å². The molecule has 0 saturated carbocycles. The van der Waals surface area contributed by atoms with Crippen LogP contribution in [0.25, 0.3) is 5.69 Å². The second kappa shape index (κ2) is 6.65. The van der Waals surface area contributed by atoms with E-state index in [-0.39, 0.29) is 0 Å². The maximum Gasteiger partial charge on any atom is 0.144 e. The van der Waals surface area contributed by atoms with E-state index >= 15 is 0 Å². The van der Waals surface area contributed by atoms with Crippen LogP contribution in [0.15, 0.2) is 18.2 Å². The number of nitrogens with one attached hydrogen (secondary N) is 1. The van der Waals surface area contributed by atoms with Crippen LogP contribution in [0, 0.1) is 0 Å². The van der Waals surface area contributed by atoms with Gasteiger partial charge in [0.05, 0.1) is 12.8 Å². The first kappa shape index (κ1) is 15.8. The number of hydrogen-bond donors (Lipinski definition) is 1. The molecule has 1 aromatic heterocycles. The summed E-state index contributed by atoms with van der Waals surface area (Å²) in [5.41, 5.74) is 3.40. The molecule has 5 nitrogen and oxygen atoms in total. The van der Waals surface area contributed by atoms with Gasteiger partial charge in [-0.25, -0.2) is 4.68 Å². The fraction of sp³-hybridized carbons (Fsp3) is 0.500. The molecule has 3 heterocycles. The first-order valence-corrected chi connectivity index (χ1v) is 9.05. The van der Waals surface area contributed by atoms with Crippen molar-refractivity contribution in [2.24, 2.45) is 0 Å². The predicted octanol–water partition coefficient (Wildman–Crippen LogP) is 3.49. The van der Waals surface area contributed by atoms with Crippen LogP contribution < -0.4 is 10.1 Å². The topological polar surface area (TPSA) is 42.3 Å². The van der Waals surface area contributed by atoms with Crippen LogP contribution in [0.2, 0.25) is 5.02 Å². The fourth-order valence-corrected chi connectivity index (χ4v) is 3.87. The molecule has 0 amide bonds. The van der Waals surface area contributed by atoms with Gasteiger partial charge in [0.2, 0.25) is 0 Å². The summed E-state index contributed by atoms with van der Waals surface area (Å²) in [5, 5.41) is 9.08. The van der Waals surface area contributed by atoms with Crippen molar-refractivity contribution in [1.82, 2.24) is 14.7 Å². The quantitative estimate of drug-likeness (QED) is 0.920. The standard InChI is InChI=1S/C18H23ClN4O/c1-24-17-6-5-13(19)11-16(17)23-18-14(7-8-20-18)15(21-23)12-22-9-3-2-4-10-22/h5-6,11,20H,2-4,7-10,12H2,1H3. The van der Waals surface area contributed by atoms with Gasteiger partial charge in [-0.15, -0.1) is 0 Å². The Morgan fingerprint density at radius 3 is 2.88 bits per heavy atom.